The van der Waals surface area contributed by atoms with Crippen LogP contribution >= 0.6 is 0 Å². The summed E-state index contributed by atoms with van der Waals surface area (Å²) in [7, 11) is 0. The summed E-state index contributed by atoms with van der Waals surface area (Å²) in [6.07, 6.45) is 7.67. The topological polar surface area (TPSA) is 74.2 Å². The van der Waals surface area contributed by atoms with Gasteiger partial charge in [-0.25, -0.2) is 0 Å². The number of nitrogens with zero attached hydrogens (tertiary/aromatic N) is 2. The predicted molar refractivity (Wildman–Crippen MR) is 77.5 cm³/mol. The van der Waals surface area contributed by atoms with Gasteiger partial charge in [0.15, 0.2) is 5.82 Å². The molecular formula is C15H27N3O2. The zero-order valence-corrected chi connectivity index (χ0v) is 12.5. The Kier molecular flexibility index (Phi) is 6.47. The summed E-state index contributed by atoms with van der Waals surface area (Å²) in [5, 5.41) is 4.12. The minimum absolute atomic E-state index is 0.316. The molecule has 0 bridgehead atoms. The number of hydrogen-bond donors (Lipinski definition) is 1. The van der Waals surface area contributed by atoms with Gasteiger partial charge in [0.25, 0.3) is 0 Å². The Bertz CT molecular complexity index is 369. The van der Waals surface area contributed by atoms with E-state index in [1.807, 2.05) is 0 Å². The van der Waals surface area contributed by atoms with Gasteiger partial charge in [-0.2, -0.15) is 4.98 Å². The molecule has 20 heavy (non-hydrogen) atoms. The molecule has 2 unspecified atom stereocenters. The van der Waals surface area contributed by atoms with Crippen LogP contribution in [-0.4, -0.2) is 29.9 Å². The predicted octanol–water partition coefficient (Wildman–Crippen LogP) is 2.66. The van der Waals surface area contributed by atoms with E-state index in [1.54, 1.807) is 0 Å². The fourth-order valence-electron chi connectivity index (χ4n) is 2.88. The summed E-state index contributed by atoms with van der Waals surface area (Å²) < 4.78 is 10.8. The van der Waals surface area contributed by atoms with Crippen LogP contribution in [0.4, 0.5) is 0 Å². The third-order valence-corrected chi connectivity index (χ3v) is 4.05. The molecule has 2 atom stereocenters. The van der Waals surface area contributed by atoms with Crippen molar-refractivity contribution in [1.29, 1.82) is 0 Å². The first-order chi connectivity index (χ1) is 9.83. The molecule has 0 aliphatic carbocycles. The van der Waals surface area contributed by atoms with Crippen LogP contribution in [0.1, 0.15) is 63.1 Å². The highest BCUT2D eigenvalue weighted by Gasteiger charge is 2.21. The maximum atomic E-state index is 5.66. The molecule has 2 rings (SSSR count). The van der Waals surface area contributed by atoms with E-state index in [9.17, 15) is 0 Å². The first kappa shape index (κ1) is 15.4. The van der Waals surface area contributed by atoms with E-state index < -0.39 is 0 Å². The molecular weight excluding hydrogens is 254 g/mol. The molecule has 0 amide bonds. The van der Waals surface area contributed by atoms with Gasteiger partial charge in [-0.05, 0) is 38.1 Å². The molecule has 0 aromatic carbocycles. The molecule has 5 nitrogen and oxygen atoms in total. The summed E-state index contributed by atoms with van der Waals surface area (Å²) in [4.78, 5) is 4.54. The summed E-state index contributed by atoms with van der Waals surface area (Å²) in [5.74, 6) is 2.59. The van der Waals surface area contributed by atoms with Gasteiger partial charge in [0, 0.05) is 18.9 Å². The molecule has 5 heteroatoms. The van der Waals surface area contributed by atoms with E-state index in [2.05, 4.69) is 17.1 Å². The molecule has 2 N–H and O–H groups in total. The SMILES string of the molecule is CCCC(CCN)CCc1nc(C2CCCOC2)no1. The number of rotatable bonds is 8. The third kappa shape index (κ3) is 4.56. The molecule has 1 aromatic heterocycles. The molecule has 1 fully saturated rings. The van der Waals surface area contributed by atoms with Crippen LogP contribution in [0.3, 0.4) is 0 Å². The number of ether oxygens (including phenoxy) is 1. The molecule has 1 aliphatic heterocycles. The highest BCUT2D eigenvalue weighted by Crippen LogP contribution is 2.24. The van der Waals surface area contributed by atoms with Crippen molar-refractivity contribution in [2.24, 2.45) is 11.7 Å². The highest BCUT2D eigenvalue weighted by atomic mass is 16.5. The van der Waals surface area contributed by atoms with Crippen LogP contribution in [0.2, 0.25) is 0 Å². The Morgan fingerprint density at radius 2 is 2.25 bits per heavy atom. The van der Waals surface area contributed by atoms with E-state index in [4.69, 9.17) is 15.0 Å². The smallest absolute Gasteiger partial charge is 0.226 e. The standard InChI is InChI=1S/C15H27N3O2/c1-2-4-12(8-9-16)6-7-14-17-15(18-20-14)13-5-3-10-19-11-13/h12-13H,2-11,16H2,1H3. The Hall–Kier alpha value is -0.940. The minimum atomic E-state index is 0.316. The van der Waals surface area contributed by atoms with Crippen LogP contribution < -0.4 is 5.73 Å². The van der Waals surface area contributed by atoms with Crippen molar-refractivity contribution >= 4 is 0 Å². The average Bonchev–Trinajstić information content (AvgIpc) is 2.95. The van der Waals surface area contributed by atoms with Crippen molar-refractivity contribution in [2.45, 2.75) is 57.8 Å². The van der Waals surface area contributed by atoms with Gasteiger partial charge in [0.2, 0.25) is 5.89 Å². The van der Waals surface area contributed by atoms with Crippen LogP contribution in [0, 0.1) is 5.92 Å². The largest absolute Gasteiger partial charge is 0.381 e. The number of nitrogens with two attached hydrogens (primary N) is 1. The first-order valence-corrected chi connectivity index (χ1v) is 7.93. The van der Waals surface area contributed by atoms with Crippen molar-refractivity contribution in [3.05, 3.63) is 11.7 Å². The van der Waals surface area contributed by atoms with E-state index in [-0.39, 0.29) is 0 Å². The van der Waals surface area contributed by atoms with Crippen LogP contribution in [0.25, 0.3) is 0 Å². The molecule has 2 heterocycles. The lowest BCUT2D eigenvalue weighted by Crippen LogP contribution is -2.16. The van der Waals surface area contributed by atoms with Gasteiger partial charge in [0.1, 0.15) is 0 Å². The van der Waals surface area contributed by atoms with E-state index in [0.29, 0.717) is 11.8 Å². The van der Waals surface area contributed by atoms with E-state index in [0.717, 1.165) is 63.6 Å². The molecule has 1 aromatic rings. The Morgan fingerprint density at radius 1 is 1.35 bits per heavy atom. The fraction of sp³-hybridized carbons (Fsp3) is 0.867. The summed E-state index contributed by atoms with van der Waals surface area (Å²) in [6.45, 7) is 4.57. The van der Waals surface area contributed by atoms with E-state index >= 15 is 0 Å². The average molecular weight is 281 g/mol. The minimum Gasteiger partial charge on any atom is -0.381 e. The van der Waals surface area contributed by atoms with Crippen molar-refractivity contribution in [1.82, 2.24) is 10.1 Å². The lowest BCUT2D eigenvalue weighted by Gasteiger charge is -2.18. The molecule has 0 saturated carbocycles. The Labute approximate surface area is 121 Å². The quantitative estimate of drug-likeness (QED) is 0.793. The maximum Gasteiger partial charge on any atom is 0.226 e. The second-order valence-corrected chi connectivity index (χ2v) is 5.73. The molecule has 1 aliphatic rings. The molecule has 114 valence electrons. The number of aryl methyl sites for hydroxylation is 1. The first-order valence-electron chi connectivity index (χ1n) is 7.93. The lowest BCUT2D eigenvalue weighted by atomic mass is 9.94. The Morgan fingerprint density at radius 3 is 2.95 bits per heavy atom. The molecule has 0 spiro atoms. The van der Waals surface area contributed by atoms with Crippen LogP contribution in [0.15, 0.2) is 4.52 Å². The van der Waals surface area contributed by atoms with Crippen molar-refractivity contribution in [3.63, 3.8) is 0 Å². The third-order valence-electron chi connectivity index (χ3n) is 4.05. The van der Waals surface area contributed by atoms with Crippen molar-refractivity contribution in [2.75, 3.05) is 19.8 Å². The monoisotopic (exact) mass is 281 g/mol. The van der Waals surface area contributed by atoms with Gasteiger partial charge in [-0.1, -0.05) is 24.9 Å². The van der Waals surface area contributed by atoms with Crippen LogP contribution in [-0.2, 0) is 11.2 Å². The summed E-state index contributed by atoms with van der Waals surface area (Å²) in [5.41, 5.74) is 5.66. The second kappa shape index (κ2) is 8.37. The van der Waals surface area contributed by atoms with Gasteiger partial charge >= 0.3 is 0 Å². The lowest BCUT2D eigenvalue weighted by molar-refractivity contribution is 0.0773. The van der Waals surface area contributed by atoms with Gasteiger partial charge < -0.3 is 15.0 Å². The zero-order chi connectivity index (χ0) is 14.2. The van der Waals surface area contributed by atoms with Gasteiger partial charge in [-0.15, -0.1) is 0 Å². The molecule has 1 saturated heterocycles. The number of hydrogen-bond acceptors (Lipinski definition) is 5. The number of aromatic nitrogens is 2. The van der Waals surface area contributed by atoms with Crippen molar-refractivity contribution in [3.8, 4) is 0 Å². The fourth-order valence-corrected chi connectivity index (χ4v) is 2.88. The summed E-state index contributed by atoms with van der Waals surface area (Å²) >= 11 is 0. The van der Waals surface area contributed by atoms with Gasteiger partial charge in [0.05, 0.1) is 6.61 Å². The maximum absolute atomic E-state index is 5.66. The van der Waals surface area contributed by atoms with Crippen LogP contribution in [0.5, 0.6) is 0 Å². The van der Waals surface area contributed by atoms with E-state index in [1.165, 1.54) is 12.8 Å². The Balaban J connectivity index is 1.82. The summed E-state index contributed by atoms with van der Waals surface area (Å²) in [6, 6.07) is 0. The zero-order valence-electron chi connectivity index (χ0n) is 12.5. The van der Waals surface area contributed by atoms with Gasteiger partial charge in [-0.3, -0.25) is 0 Å². The normalized spacial score (nSPS) is 21.0. The van der Waals surface area contributed by atoms with Crippen molar-refractivity contribution < 1.29 is 9.26 Å². The highest BCUT2D eigenvalue weighted by molar-refractivity contribution is 4.96. The second-order valence-electron chi connectivity index (χ2n) is 5.73. The molecule has 0 radical (unpaired) electrons.